The Hall–Kier alpha value is -1.03. The largest absolute Gasteiger partial charge is 0.507 e. The van der Waals surface area contributed by atoms with E-state index >= 15 is 0 Å². The van der Waals surface area contributed by atoms with E-state index in [1.165, 1.54) is 0 Å². The standard InChI is InChI=1S/C11H13BrO3/c1-5-4-8(12)6(2)10(13)9(5)7(3)11(14)15/h4,7,13H,1-3H3,(H,14,15). The molecule has 0 aliphatic carbocycles. The van der Waals surface area contributed by atoms with Crippen LogP contribution in [0.15, 0.2) is 10.5 Å². The fraction of sp³-hybridized carbons (Fsp3) is 0.364. The topological polar surface area (TPSA) is 57.5 Å². The van der Waals surface area contributed by atoms with Gasteiger partial charge in [0, 0.05) is 15.6 Å². The maximum Gasteiger partial charge on any atom is 0.310 e. The first-order valence-corrected chi connectivity index (χ1v) is 5.37. The van der Waals surface area contributed by atoms with Gasteiger partial charge in [0.25, 0.3) is 0 Å². The summed E-state index contributed by atoms with van der Waals surface area (Å²) >= 11 is 3.31. The molecular weight excluding hydrogens is 260 g/mol. The first-order chi connectivity index (χ1) is 6.86. The maximum atomic E-state index is 10.9. The molecule has 1 atom stereocenters. The van der Waals surface area contributed by atoms with Crippen molar-refractivity contribution in [1.29, 1.82) is 0 Å². The average molecular weight is 273 g/mol. The Morgan fingerprint density at radius 3 is 2.47 bits per heavy atom. The molecule has 15 heavy (non-hydrogen) atoms. The van der Waals surface area contributed by atoms with E-state index in [0.717, 1.165) is 10.0 Å². The van der Waals surface area contributed by atoms with Crippen LogP contribution in [-0.4, -0.2) is 16.2 Å². The summed E-state index contributed by atoms with van der Waals surface area (Å²) in [4.78, 5) is 10.9. The number of halogens is 1. The van der Waals surface area contributed by atoms with Crippen LogP contribution in [0.5, 0.6) is 5.75 Å². The van der Waals surface area contributed by atoms with Crippen molar-refractivity contribution in [2.75, 3.05) is 0 Å². The number of rotatable bonds is 2. The average Bonchev–Trinajstić information content (AvgIpc) is 2.14. The number of hydrogen-bond donors (Lipinski definition) is 2. The minimum absolute atomic E-state index is 0.0665. The second-order valence-corrected chi connectivity index (χ2v) is 4.48. The van der Waals surface area contributed by atoms with Gasteiger partial charge in [0.2, 0.25) is 0 Å². The van der Waals surface area contributed by atoms with E-state index in [9.17, 15) is 9.90 Å². The van der Waals surface area contributed by atoms with Gasteiger partial charge >= 0.3 is 5.97 Å². The zero-order valence-electron chi connectivity index (χ0n) is 8.84. The second-order valence-electron chi connectivity index (χ2n) is 3.62. The van der Waals surface area contributed by atoms with Crippen molar-refractivity contribution in [3.05, 3.63) is 27.2 Å². The smallest absolute Gasteiger partial charge is 0.310 e. The highest BCUT2D eigenvalue weighted by atomic mass is 79.9. The van der Waals surface area contributed by atoms with E-state index in [1.54, 1.807) is 20.8 Å². The highest BCUT2D eigenvalue weighted by molar-refractivity contribution is 9.10. The van der Waals surface area contributed by atoms with Gasteiger partial charge in [-0.25, -0.2) is 0 Å². The predicted molar refractivity (Wildman–Crippen MR) is 61.3 cm³/mol. The van der Waals surface area contributed by atoms with E-state index in [-0.39, 0.29) is 5.75 Å². The number of phenols is 1. The Kier molecular flexibility index (Phi) is 3.39. The maximum absolute atomic E-state index is 10.9. The summed E-state index contributed by atoms with van der Waals surface area (Å²) in [5.41, 5.74) is 1.94. The number of aryl methyl sites for hydroxylation is 1. The number of carboxylic acid groups (broad SMARTS) is 1. The lowest BCUT2D eigenvalue weighted by Gasteiger charge is -2.15. The number of phenolic OH excluding ortho intramolecular Hbond substituents is 1. The van der Waals surface area contributed by atoms with Gasteiger partial charge in [0.1, 0.15) is 5.75 Å². The third-order valence-corrected chi connectivity index (χ3v) is 3.36. The number of aromatic hydroxyl groups is 1. The first-order valence-electron chi connectivity index (χ1n) is 4.57. The lowest BCUT2D eigenvalue weighted by Crippen LogP contribution is -2.09. The highest BCUT2D eigenvalue weighted by Gasteiger charge is 2.22. The van der Waals surface area contributed by atoms with Crippen LogP contribution in [0.4, 0.5) is 0 Å². The van der Waals surface area contributed by atoms with Crippen molar-refractivity contribution in [3.8, 4) is 5.75 Å². The summed E-state index contributed by atoms with van der Waals surface area (Å²) in [6.07, 6.45) is 0. The summed E-state index contributed by atoms with van der Waals surface area (Å²) in [5, 5.41) is 18.8. The summed E-state index contributed by atoms with van der Waals surface area (Å²) in [7, 11) is 0. The van der Waals surface area contributed by atoms with Crippen molar-refractivity contribution in [2.45, 2.75) is 26.7 Å². The van der Waals surface area contributed by atoms with Gasteiger partial charge in [-0.05, 0) is 32.4 Å². The fourth-order valence-electron chi connectivity index (χ4n) is 1.55. The number of aliphatic carboxylic acids is 1. The lowest BCUT2D eigenvalue weighted by atomic mass is 9.93. The zero-order valence-corrected chi connectivity index (χ0v) is 10.4. The van der Waals surface area contributed by atoms with Gasteiger partial charge in [-0.15, -0.1) is 0 Å². The number of carboxylic acids is 1. The Bertz CT molecular complexity index is 413. The lowest BCUT2D eigenvalue weighted by molar-refractivity contribution is -0.138. The van der Waals surface area contributed by atoms with Crippen LogP contribution in [0.1, 0.15) is 29.5 Å². The van der Waals surface area contributed by atoms with Gasteiger partial charge in [0.15, 0.2) is 0 Å². The molecule has 2 N–H and O–H groups in total. The predicted octanol–water partition coefficient (Wildman–Crippen LogP) is 2.96. The molecule has 0 aromatic heterocycles. The minimum atomic E-state index is -0.935. The Labute approximate surface area is 96.9 Å². The molecule has 0 aliphatic rings. The van der Waals surface area contributed by atoms with E-state index < -0.39 is 11.9 Å². The third-order valence-electron chi connectivity index (χ3n) is 2.54. The number of hydrogen-bond acceptors (Lipinski definition) is 2. The van der Waals surface area contributed by atoms with E-state index in [2.05, 4.69) is 15.9 Å². The van der Waals surface area contributed by atoms with Crippen molar-refractivity contribution in [3.63, 3.8) is 0 Å². The summed E-state index contributed by atoms with van der Waals surface area (Å²) in [6, 6.07) is 1.82. The van der Waals surface area contributed by atoms with E-state index in [1.807, 2.05) is 6.07 Å². The molecule has 0 amide bonds. The summed E-state index contributed by atoms with van der Waals surface area (Å²) in [5.74, 6) is -1.57. The van der Waals surface area contributed by atoms with Crippen LogP contribution in [0.2, 0.25) is 0 Å². The Morgan fingerprint density at radius 2 is 2.00 bits per heavy atom. The molecule has 0 heterocycles. The molecule has 0 spiro atoms. The van der Waals surface area contributed by atoms with Gasteiger partial charge in [-0.2, -0.15) is 0 Å². The normalized spacial score (nSPS) is 12.5. The molecule has 4 heteroatoms. The van der Waals surface area contributed by atoms with Gasteiger partial charge < -0.3 is 10.2 Å². The van der Waals surface area contributed by atoms with Crippen molar-refractivity contribution < 1.29 is 15.0 Å². The monoisotopic (exact) mass is 272 g/mol. The van der Waals surface area contributed by atoms with Crippen LogP contribution in [0.3, 0.4) is 0 Å². The highest BCUT2D eigenvalue weighted by Crippen LogP contribution is 2.36. The Morgan fingerprint density at radius 1 is 1.47 bits per heavy atom. The van der Waals surface area contributed by atoms with Gasteiger partial charge in [0.05, 0.1) is 5.92 Å². The summed E-state index contributed by atoms with van der Waals surface area (Å²) in [6.45, 7) is 5.10. The molecule has 1 aromatic rings. The van der Waals surface area contributed by atoms with E-state index in [4.69, 9.17) is 5.11 Å². The molecule has 1 rings (SSSR count). The number of carbonyl (C=O) groups is 1. The quantitative estimate of drug-likeness (QED) is 0.870. The van der Waals surface area contributed by atoms with Crippen LogP contribution in [0.25, 0.3) is 0 Å². The number of benzene rings is 1. The molecule has 3 nitrogen and oxygen atoms in total. The molecular formula is C11H13BrO3. The molecule has 0 fully saturated rings. The van der Waals surface area contributed by atoms with Crippen LogP contribution >= 0.6 is 15.9 Å². The summed E-state index contributed by atoms with van der Waals surface area (Å²) < 4.78 is 0.791. The van der Waals surface area contributed by atoms with Crippen LogP contribution in [-0.2, 0) is 4.79 Å². The molecule has 1 unspecified atom stereocenters. The van der Waals surface area contributed by atoms with Gasteiger partial charge in [-0.3, -0.25) is 4.79 Å². The van der Waals surface area contributed by atoms with Gasteiger partial charge in [-0.1, -0.05) is 15.9 Å². The Balaban J connectivity index is 3.42. The minimum Gasteiger partial charge on any atom is -0.507 e. The van der Waals surface area contributed by atoms with Crippen LogP contribution in [0, 0.1) is 13.8 Å². The van der Waals surface area contributed by atoms with Crippen molar-refractivity contribution in [2.24, 2.45) is 0 Å². The van der Waals surface area contributed by atoms with Crippen molar-refractivity contribution in [1.82, 2.24) is 0 Å². The SMILES string of the molecule is Cc1cc(Br)c(C)c(O)c1C(C)C(=O)O. The second kappa shape index (κ2) is 4.23. The molecule has 0 aliphatic heterocycles. The van der Waals surface area contributed by atoms with E-state index in [0.29, 0.717) is 11.1 Å². The zero-order chi connectivity index (χ0) is 11.7. The molecule has 0 saturated heterocycles. The van der Waals surface area contributed by atoms with Crippen molar-refractivity contribution >= 4 is 21.9 Å². The third kappa shape index (κ3) is 2.15. The molecule has 0 radical (unpaired) electrons. The molecule has 0 bridgehead atoms. The molecule has 0 saturated carbocycles. The first kappa shape index (κ1) is 12.0. The van der Waals surface area contributed by atoms with Crippen LogP contribution < -0.4 is 0 Å². The fourth-order valence-corrected chi connectivity index (χ4v) is 2.08. The molecule has 82 valence electrons. The molecule has 1 aromatic carbocycles.